The first-order valence-electron chi connectivity index (χ1n) is 7.84. The van der Waals surface area contributed by atoms with Crippen molar-refractivity contribution in [2.75, 3.05) is 19.7 Å². The Kier molecular flexibility index (Phi) is 7.36. The number of aliphatic hydroxyl groups excluding tert-OH is 1. The van der Waals surface area contributed by atoms with E-state index in [1.54, 1.807) is 0 Å². The summed E-state index contributed by atoms with van der Waals surface area (Å²) in [6.07, 6.45) is -0.452. The number of nitrogens with zero attached hydrogens (tertiary/aromatic N) is 1. The maximum atomic E-state index is 10.2. The first kappa shape index (κ1) is 18.1. The zero-order chi connectivity index (χ0) is 15.9. The Bertz CT molecular complexity index is 384. The molecule has 3 heteroatoms. The third-order valence-corrected chi connectivity index (χ3v) is 3.05. The van der Waals surface area contributed by atoms with E-state index in [9.17, 15) is 5.11 Å². The van der Waals surface area contributed by atoms with Crippen molar-refractivity contribution >= 4 is 0 Å². The number of hydrogen-bond acceptors (Lipinski definition) is 3. The number of aliphatic hydroxyl groups is 1. The molecule has 3 nitrogen and oxygen atoms in total. The highest BCUT2D eigenvalue weighted by molar-refractivity contribution is 5.14. The zero-order valence-electron chi connectivity index (χ0n) is 14.2. The van der Waals surface area contributed by atoms with Crippen LogP contribution in [0.5, 0.6) is 0 Å². The lowest BCUT2D eigenvalue weighted by Crippen LogP contribution is -2.38. The molecule has 1 N–H and O–H groups in total. The molecule has 0 aromatic heterocycles. The van der Waals surface area contributed by atoms with Crippen molar-refractivity contribution in [1.82, 2.24) is 4.90 Å². The van der Waals surface area contributed by atoms with Gasteiger partial charge in [0.2, 0.25) is 0 Å². The van der Waals surface area contributed by atoms with E-state index in [2.05, 4.69) is 43.0 Å². The lowest BCUT2D eigenvalue weighted by molar-refractivity contribution is -0.0573. The molecular weight excluding hydrogens is 262 g/mol. The van der Waals surface area contributed by atoms with Gasteiger partial charge in [-0.2, -0.15) is 0 Å². The van der Waals surface area contributed by atoms with Gasteiger partial charge in [0.15, 0.2) is 0 Å². The van der Waals surface area contributed by atoms with Crippen LogP contribution in [0.1, 0.15) is 40.2 Å². The molecule has 1 rings (SSSR count). The molecule has 0 radical (unpaired) electrons. The van der Waals surface area contributed by atoms with Crippen molar-refractivity contribution in [2.24, 2.45) is 5.92 Å². The molecule has 1 atom stereocenters. The molecule has 0 heterocycles. The Labute approximate surface area is 129 Å². The molecule has 1 unspecified atom stereocenters. The molecule has 0 saturated carbocycles. The zero-order valence-corrected chi connectivity index (χ0v) is 14.2. The fourth-order valence-corrected chi connectivity index (χ4v) is 2.26. The van der Waals surface area contributed by atoms with Crippen LogP contribution in [0.3, 0.4) is 0 Å². The topological polar surface area (TPSA) is 32.7 Å². The van der Waals surface area contributed by atoms with Crippen molar-refractivity contribution in [3.63, 3.8) is 0 Å². The number of ether oxygens (including phenoxy) is 1. The first-order chi connectivity index (χ1) is 9.76. The Morgan fingerprint density at radius 3 is 2.24 bits per heavy atom. The average molecular weight is 293 g/mol. The van der Waals surface area contributed by atoms with E-state index in [0.717, 1.165) is 13.1 Å². The van der Waals surface area contributed by atoms with Gasteiger partial charge in [0.1, 0.15) is 0 Å². The van der Waals surface area contributed by atoms with E-state index < -0.39 is 6.10 Å². The number of benzene rings is 1. The minimum atomic E-state index is -0.452. The quantitative estimate of drug-likeness (QED) is 0.798. The van der Waals surface area contributed by atoms with Gasteiger partial charge in [0.25, 0.3) is 0 Å². The fraction of sp³-hybridized carbons (Fsp3) is 0.667. The fourth-order valence-electron chi connectivity index (χ4n) is 2.26. The van der Waals surface area contributed by atoms with Gasteiger partial charge in [-0.1, -0.05) is 44.2 Å². The minimum Gasteiger partial charge on any atom is -0.389 e. The molecule has 21 heavy (non-hydrogen) atoms. The summed E-state index contributed by atoms with van der Waals surface area (Å²) in [6.45, 7) is 13.3. The second kappa shape index (κ2) is 8.52. The van der Waals surface area contributed by atoms with Gasteiger partial charge in [-0.05, 0) is 32.3 Å². The van der Waals surface area contributed by atoms with Crippen molar-refractivity contribution < 1.29 is 9.84 Å². The van der Waals surface area contributed by atoms with Crippen LogP contribution in [0.4, 0.5) is 0 Å². The largest absolute Gasteiger partial charge is 0.389 e. The van der Waals surface area contributed by atoms with Crippen molar-refractivity contribution in [2.45, 2.75) is 52.9 Å². The summed E-state index contributed by atoms with van der Waals surface area (Å²) < 4.78 is 5.67. The van der Waals surface area contributed by atoms with Crippen LogP contribution in [0.15, 0.2) is 30.3 Å². The molecule has 0 amide bonds. The number of hydrogen-bond donors (Lipinski definition) is 1. The van der Waals surface area contributed by atoms with Crippen molar-refractivity contribution in [3.8, 4) is 0 Å². The highest BCUT2D eigenvalue weighted by Crippen LogP contribution is 2.11. The maximum Gasteiger partial charge on any atom is 0.0900 e. The van der Waals surface area contributed by atoms with Crippen LogP contribution >= 0.6 is 0 Å². The molecular formula is C18H31NO2. The van der Waals surface area contributed by atoms with Crippen LogP contribution in [-0.4, -0.2) is 41.4 Å². The van der Waals surface area contributed by atoms with E-state index in [0.29, 0.717) is 19.1 Å². The lowest BCUT2D eigenvalue weighted by Gasteiger charge is -2.28. The molecule has 1 aromatic rings. The van der Waals surface area contributed by atoms with E-state index in [-0.39, 0.29) is 5.60 Å². The molecule has 0 aliphatic rings. The Morgan fingerprint density at radius 2 is 1.71 bits per heavy atom. The standard InChI is InChI=1S/C18H31NO2/c1-15(2)11-19(12-16-9-7-6-8-10-16)13-17(20)14-21-18(3,4)5/h6-10,15,17,20H,11-14H2,1-5H3. The first-order valence-corrected chi connectivity index (χ1v) is 7.84. The van der Waals surface area contributed by atoms with Crippen molar-refractivity contribution in [3.05, 3.63) is 35.9 Å². The smallest absolute Gasteiger partial charge is 0.0900 e. The van der Waals surface area contributed by atoms with Gasteiger partial charge < -0.3 is 9.84 Å². The van der Waals surface area contributed by atoms with E-state index in [1.165, 1.54) is 5.56 Å². The summed E-state index contributed by atoms with van der Waals surface area (Å²) in [6, 6.07) is 10.4. The Hall–Kier alpha value is -0.900. The lowest BCUT2D eigenvalue weighted by atomic mass is 10.1. The monoisotopic (exact) mass is 293 g/mol. The normalized spacial score (nSPS) is 13.9. The van der Waals surface area contributed by atoms with Gasteiger partial charge in [0.05, 0.1) is 18.3 Å². The second-order valence-electron chi connectivity index (χ2n) is 7.15. The molecule has 0 aliphatic heterocycles. The second-order valence-corrected chi connectivity index (χ2v) is 7.15. The summed E-state index contributed by atoms with van der Waals surface area (Å²) in [4.78, 5) is 2.30. The third-order valence-electron chi connectivity index (χ3n) is 3.05. The van der Waals surface area contributed by atoms with Crippen LogP contribution < -0.4 is 0 Å². The van der Waals surface area contributed by atoms with Gasteiger partial charge >= 0.3 is 0 Å². The minimum absolute atomic E-state index is 0.205. The van der Waals surface area contributed by atoms with Crippen LogP contribution in [0.2, 0.25) is 0 Å². The summed E-state index contributed by atoms with van der Waals surface area (Å²) in [7, 11) is 0. The highest BCUT2D eigenvalue weighted by Gasteiger charge is 2.17. The van der Waals surface area contributed by atoms with Crippen LogP contribution in [-0.2, 0) is 11.3 Å². The summed E-state index contributed by atoms with van der Waals surface area (Å²) >= 11 is 0. The molecule has 1 aromatic carbocycles. The number of rotatable bonds is 8. The third kappa shape index (κ3) is 8.86. The molecule has 0 fully saturated rings. The highest BCUT2D eigenvalue weighted by atomic mass is 16.5. The average Bonchev–Trinajstić information content (AvgIpc) is 2.36. The summed E-state index contributed by atoms with van der Waals surface area (Å²) in [5.74, 6) is 0.574. The summed E-state index contributed by atoms with van der Waals surface area (Å²) in [5, 5.41) is 10.2. The van der Waals surface area contributed by atoms with Gasteiger partial charge in [-0.25, -0.2) is 0 Å². The molecule has 0 bridgehead atoms. The molecule has 0 spiro atoms. The molecule has 0 aliphatic carbocycles. The van der Waals surface area contributed by atoms with Crippen LogP contribution in [0, 0.1) is 5.92 Å². The van der Waals surface area contributed by atoms with E-state index >= 15 is 0 Å². The molecule has 120 valence electrons. The van der Waals surface area contributed by atoms with Gasteiger partial charge in [-0.3, -0.25) is 4.90 Å². The van der Waals surface area contributed by atoms with E-state index in [1.807, 2.05) is 26.8 Å². The van der Waals surface area contributed by atoms with Gasteiger partial charge in [-0.15, -0.1) is 0 Å². The predicted octanol–water partition coefficient (Wildman–Crippen LogP) is 3.32. The predicted molar refractivity (Wildman–Crippen MR) is 88.3 cm³/mol. The van der Waals surface area contributed by atoms with Crippen LogP contribution in [0.25, 0.3) is 0 Å². The Morgan fingerprint density at radius 1 is 1.10 bits per heavy atom. The van der Waals surface area contributed by atoms with Crippen molar-refractivity contribution in [1.29, 1.82) is 0 Å². The Balaban J connectivity index is 2.53. The SMILES string of the molecule is CC(C)CN(Cc1ccccc1)CC(O)COC(C)(C)C. The molecule has 0 saturated heterocycles. The summed E-state index contributed by atoms with van der Waals surface area (Å²) in [5.41, 5.74) is 1.07. The maximum absolute atomic E-state index is 10.2. The van der Waals surface area contributed by atoms with Gasteiger partial charge in [0, 0.05) is 19.6 Å². The van der Waals surface area contributed by atoms with E-state index in [4.69, 9.17) is 4.74 Å².